The van der Waals surface area contributed by atoms with Crippen molar-refractivity contribution in [1.82, 2.24) is 24.8 Å². The second-order valence-corrected chi connectivity index (χ2v) is 19.3. The van der Waals surface area contributed by atoms with Crippen molar-refractivity contribution in [3.63, 3.8) is 0 Å². The Kier molecular flexibility index (Phi) is 11.0. The standard InChI is InChI=1S/C41H54F2N6O9S/c1-7-25(4)48(38(53)54)32-24(3)20-23(2)10-8-9-11-26-21-40(26,37(52)46-59(55,56)27-12-13-27)45-34(50)31-22-39(5,41(42,43)49(31)36(32)51)58-35-29-14-15-30-33(28(29)16-17-44-35)57-19-18-47(30)6/h9,11,14-17,23-27,31-32H,7-8,10,12-13,18-22H2,1-6H3,(H,45,50)(H,46,52)(H,53,54)/b11-9-/t23-,24-,25?,26-,31+,32+,39-,40-/m1/s1. The van der Waals surface area contributed by atoms with Crippen molar-refractivity contribution in [2.75, 3.05) is 25.1 Å². The van der Waals surface area contributed by atoms with Crippen LogP contribution in [0, 0.1) is 17.8 Å². The maximum absolute atomic E-state index is 17.7. The van der Waals surface area contributed by atoms with E-state index in [4.69, 9.17) is 9.47 Å². The zero-order valence-corrected chi connectivity index (χ0v) is 35.1. The Labute approximate surface area is 342 Å². The Bertz CT molecular complexity index is 2170. The van der Waals surface area contributed by atoms with Gasteiger partial charge in [-0.1, -0.05) is 32.9 Å². The number of amides is 4. The number of allylic oxidation sites excluding steroid dienone is 1. The number of rotatable bonds is 8. The molecule has 0 spiro atoms. The van der Waals surface area contributed by atoms with Gasteiger partial charge in [0.2, 0.25) is 21.8 Å². The smallest absolute Gasteiger partial charge is 0.408 e. The third-order valence-electron chi connectivity index (χ3n) is 12.9. The quantitative estimate of drug-likeness (QED) is 0.239. The van der Waals surface area contributed by atoms with Crippen molar-refractivity contribution in [3.8, 4) is 11.6 Å². The summed E-state index contributed by atoms with van der Waals surface area (Å²) in [6.07, 6.45) is 5.08. The summed E-state index contributed by atoms with van der Waals surface area (Å²) in [5.74, 6) is -4.66. The predicted molar refractivity (Wildman–Crippen MR) is 214 cm³/mol. The number of aromatic nitrogens is 1. The number of ether oxygens (including phenoxy) is 2. The third kappa shape index (κ3) is 7.54. The first kappa shape index (κ1) is 42.4. The number of nitrogens with one attached hydrogen (secondary N) is 2. The second kappa shape index (κ2) is 15.4. The van der Waals surface area contributed by atoms with Crippen LogP contribution in [0.5, 0.6) is 11.6 Å². The molecular weight excluding hydrogens is 791 g/mol. The van der Waals surface area contributed by atoms with Gasteiger partial charge in [-0.3, -0.25) is 28.9 Å². The lowest BCUT2D eigenvalue weighted by Crippen LogP contribution is -2.64. The first-order chi connectivity index (χ1) is 27.8. The number of fused-ring (bicyclic) bond motifs is 5. The molecule has 0 bridgehead atoms. The normalized spacial score (nSPS) is 31.9. The van der Waals surface area contributed by atoms with Crippen LogP contribution in [0.1, 0.15) is 86.0 Å². The molecule has 4 heterocycles. The fraction of sp³-hybridized carbons (Fsp3) is 0.634. The third-order valence-corrected chi connectivity index (χ3v) is 14.7. The number of likely N-dealkylation sites (N-methyl/N-ethyl adjacent to an activating group) is 1. The highest BCUT2D eigenvalue weighted by Gasteiger charge is 2.71. The van der Waals surface area contributed by atoms with Crippen molar-refractivity contribution < 1.29 is 51.0 Å². The van der Waals surface area contributed by atoms with E-state index in [1.807, 2.05) is 24.9 Å². The van der Waals surface area contributed by atoms with Crippen molar-refractivity contribution in [2.24, 2.45) is 17.8 Å². The van der Waals surface area contributed by atoms with E-state index < -0.39 is 92.7 Å². The summed E-state index contributed by atoms with van der Waals surface area (Å²) in [5, 5.41) is 13.3. The Morgan fingerprint density at radius 1 is 1.15 bits per heavy atom. The molecule has 59 heavy (non-hydrogen) atoms. The van der Waals surface area contributed by atoms with Crippen LogP contribution in [0.4, 0.5) is 19.3 Å². The Morgan fingerprint density at radius 2 is 1.88 bits per heavy atom. The highest BCUT2D eigenvalue weighted by molar-refractivity contribution is 7.91. The van der Waals surface area contributed by atoms with Crippen molar-refractivity contribution in [1.29, 1.82) is 0 Å². The van der Waals surface area contributed by atoms with Crippen LogP contribution >= 0.6 is 0 Å². The van der Waals surface area contributed by atoms with Gasteiger partial charge in [0.05, 0.1) is 17.5 Å². The summed E-state index contributed by atoms with van der Waals surface area (Å²) < 4.78 is 75.6. The summed E-state index contributed by atoms with van der Waals surface area (Å²) in [6.45, 7) is 8.98. The van der Waals surface area contributed by atoms with Gasteiger partial charge in [0.25, 0.3) is 11.8 Å². The summed E-state index contributed by atoms with van der Waals surface area (Å²) in [5.41, 5.74) is -3.67. The van der Waals surface area contributed by atoms with Crippen LogP contribution in [0.2, 0.25) is 0 Å². The summed E-state index contributed by atoms with van der Waals surface area (Å²) in [6, 6.07) is -3.57. The summed E-state index contributed by atoms with van der Waals surface area (Å²) >= 11 is 0. The van der Waals surface area contributed by atoms with Gasteiger partial charge in [0, 0.05) is 42.4 Å². The molecule has 1 unspecified atom stereocenters. The van der Waals surface area contributed by atoms with Crippen molar-refractivity contribution in [3.05, 3.63) is 36.5 Å². The number of anilines is 1. The minimum absolute atomic E-state index is 0.0103. The highest BCUT2D eigenvalue weighted by Crippen LogP contribution is 2.51. The molecule has 18 heteroatoms. The average Bonchev–Trinajstić information content (AvgIpc) is 4.10. The summed E-state index contributed by atoms with van der Waals surface area (Å²) in [7, 11) is -2.16. The molecule has 2 aromatic rings. The fourth-order valence-electron chi connectivity index (χ4n) is 9.03. The monoisotopic (exact) mass is 844 g/mol. The molecule has 1 saturated heterocycles. The number of halogens is 2. The van der Waals surface area contributed by atoms with Gasteiger partial charge in [-0.05, 0) is 88.8 Å². The van der Waals surface area contributed by atoms with Gasteiger partial charge in [0.1, 0.15) is 24.2 Å². The van der Waals surface area contributed by atoms with E-state index in [0.29, 0.717) is 61.8 Å². The Balaban J connectivity index is 1.34. The molecule has 4 amide bonds. The SMILES string of the molecule is CCC(C)N(C(=O)O)[C@@H]1C(=O)N2[C@@H](C[C@@](C)(Oc3nccc4c5c(ccc34)N(C)CCO5)C2(F)F)C(=O)N[C@]2(C(=O)NS(=O)(=O)C3CC3)C[C@H]2/C=C\CC[C@@H](C)C[C@H]1C. The van der Waals surface area contributed by atoms with E-state index in [0.717, 1.165) is 17.5 Å². The molecular formula is C41H54F2N6O9S. The number of alkyl halides is 2. The largest absolute Gasteiger partial charge is 0.489 e. The first-order valence-corrected chi connectivity index (χ1v) is 22.0. The van der Waals surface area contributed by atoms with Gasteiger partial charge in [-0.25, -0.2) is 18.2 Å². The number of carboxylic acid groups (broad SMARTS) is 1. The summed E-state index contributed by atoms with van der Waals surface area (Å²) in [4.78, 5) is 64.0. The molecule has 2 aliphatic carbocycles. The molecule has 3 N–H and O–H groups in total. The van der Waals surface area contributed by atoms with E-state index in [-0.39, 0.29) is 29.5 Å². The van der Waals surface area contributed by atoms with E-state index in [9.17, 15) is 27.9 Å². The maximum Gasteiger partial charge on any atom is 0.408 e. The Morgan fingerprint density at radius 3 is 2.56 bits per heavy atom. The highest BCUT2D eigenvalue weighted by atomic mass is 32.2. The van der Waals surface area contributed by atoms with E-state index >= 15 is 13.6 Å². The van der Waals surface area contributed by atoms with Crippen LogP contribution < -0.4 is 24.4 Å². The molecule has 5 aliphatic rings. The van der Waals surface area contributed by atoms with Crippen LogP contribution in [0.15, 0.2) is 36.5 Å². The average molecular weight is 845 g/mol. The van der Waals surface area contributed by atoms with Gasteiger partial charge < -0.3 is 24.8 Å². The maximum atomic E-state index is 17.7. The number of sulfonamides is 1. The van der Waals surface area contributed by atoms with E-state index in [2.05, 4.69) is 15.0 Å². The van der Waals surface area contributed by atoms with E-state index in [1.54, 1.807) is 45.0 Å². The van der Waals surface area contributed by atoms with Crippen LogP contribution in [0.25, 0.3) is 10.8 Å². The number of carbonyl (C=O) groups excluding carboxylic acids is 3. The number of benzene rings is 1. The fourth-order valence-corrected chi connectivity index (χ4v) is 10.4. The molecule has 1 aromatic heterocycles. The molecule has 1 aromatic carbocycles. The molecule has 8 atom stereocenters. The Hall–Kier alpha value is -4.74. The van der Waals surface area contributed by atoms with Crippen LogP contribution in [-0.4, -0.2) is 113 Å². The number of pyridine rings is 1. The molecule has 0 radical (unpaired) electrons. The number of carbonyl (C=O) groups is 4. The number of hydrogen-bond acceptors (Lipinski definition) is 10. The molecule has 7 rings (SSSR count). The minimum Gasteiger partial charge on any atom is -0.489 e. The number of nitrogens with zero attached hydrogens (tertiary/aromatic N) is 4. The molecule has 15 nitrogen and oxygen atoms in total. The molecule has 2 saturated carbocycles. The van der Waals surface area contributed by atoms with Gasteiger partial charge in [0.15, 0.2) is 11.4 Å². The zero-order chi connectivity index (χ0) is 42.8. The minimum atomic E-state index is -4.27. The van der Waals surface area contributed by atoms with Crippen LogP contribution in [-0.2, 0) is 24.4 Å². The topological polar surface area (TPSA) is 188 Å². The van der Waals surface area contributed by atoms with Gasteiger partial charge in [-0.2, -0.15) is 8.78 Å². The lowest BCUT2D eigenvalue weighted by Gasteiger charge is -2.42. The lowest BCUT2D eigenvalue weighted by atomic mass is 9.86. The molecule has 3 aliphatic heterocycles. The van der Waals surface area contributed by atoms with Crippen molar-refractivity contribution in [2.45, 2.75) is 127 Å². The molecule has 3 fully saturated rings. The zero-order valence-electron chi connectivity index (χ0n) is 34.2. The molecule has 322 valence electrons. The predicted octanol–water partition coefficient (Wildman–Crippen LogP) is 5.04. The van der Waals surface area contributed by atoms with Crippen LogP contribution in [0.3, 0.4) is 0 Å². The second-order valence-electron chi connectivity index (χ2n) is 17.4. The van der Waals surface area contributed by atoms with Crippen molar-refractivity contribution >= 4 is 50.3 Å². The van der Waals surface area contributed by atoms with E-state index in [1.165, 1.54) is 6.20 Å². The lowest BCUT2D eigenvalue weighted by molar-refractivity contribution is -0.219. The van der Waals surface area contributed by atoms with Gasteiger partial charge >= 0.3 is 12.1 Å². The number of hydrogen-bond donors (Lipinski definition) is 3. The van der Waals surface area contributed by atoms with Gasteiger partial charge in [-0.15, -0.1) is 0 Å². The first-order valence-electron chi connectivity index (χ1n) is 20.5.